The molecule has 2 rings (SSSR count). The molecule has 0 fully saturated rings. The standard InChI is InChI=1S/C10H7ClN2O4/c1-4-5-2-6(11)8(13(16)17)3-7(5)12-9(4)10(14)15/h2-3,12H,1H3,(H,14,15). The Balaban J connectivity index is 2.80. The van der Waals surface area contributed by atoms with Crippen LogP contribution in [-0.2, 0) is 0 Å². The first-order chi connectivity index (χ1) is 7.91. The van der Waals surface area contributed by atoms with Gasteiger partial charge in [-0.05, 0) is 18.6 Å². The summed E-state index contributed by atoms with van der Waals surface area (Å²) in [7, 11) is 0. The van der Waals surface area contributed by atoms with Gasteiger partial charge in [-0.3, -0.25) is 10.1 Å². The molecule has 17 heavy (non-hydrogen) atoms. The van der Waals surface area contributed by atoms with Crippen LogP contribution in [0.1, 0.15) is 16.1 Å². The number of H-pyrrole nitrogens is 1. The predicted octanol–water partition coefficient (Wildman–Crippen LogP) is 2.74. The van der Waals surface area contributed by atoms with Crippen LogP contribution in [0.5, 0.6) is 0 Å². The smallest absolute Gasteiger partial charge is 0.352 e. The summed E-state index contributed by atoms with van der Waals surface area (Å²) in [5, 5.41) is 20.2. The van der Waals surface area contributed by atoms with Gasteiger partial charge in [0.2, 0.25) is 0 Å². The van der Waals surface area contributed by atoms with Crippen molar-refractivity contribution in [1.82, 2.24) is 4.98 Å². The van der Waals surface area contributed by atoms with Crippen molar-refractivity contribution >= 4 is 34.2 Å². The molecule has 0 aliphatic rings. The summed E-state index contributed by atoms with van der Waals surface area (Å²) in [5.74, 6) is -1.11. The maximum atomic E-state index is 10.9. The molecule has 0 aliphatic carbocycles. The van der Waals surface area contributed by atoms with Gasteiger partial charge in [0.05, 0.1) is 10.4 Å². The number of hydrogen-bond acceptors (Lipinski definition) is 3. The fourth-order valence-electron chi connectivity index (χ4n) is 1.69. The average Bonchev–Trinajstić information content (AvgIpc) is 2.55. The quantitative estimate of drug-likeness (QED) is 0.636. The number of nitrogens with one attached hydrogen (secondary N) is 1. The minimum Gasteiger partial charge on any atom is -0.477 e. The molecule has 0 saturated carbocycles. The van der Waals surface area contributed by atoms with Gasteiger partial charge in [-0.25, -0.2) is 4.79 Å². The van der Waals surface area contributed by atoms with E-state index in [0.29, 0.717) is 16.5 Å². The molecular weight excluding hydrogens is 248 g/mol. The number of aryl methyl sites for hydroxylation is 1. The zero-order valence-corrected chi connectivity index (χ0v) is 9.41. The zero-order chi connectivity index (χ0) is 12.7. The highest BCUT2D eigenvalue weighted by Gasteiger charge is 2.19. The maximum Gasteiger partial charge on any atom is 0.352 e. The fraction of sp³-hybridized carbons (Fsp3) is 0.100. The third kappa shape index (κ3) is 1.72. The summed E-state index contributed by atoms with van der Waals surface area (Å²) in [6.07, 6.45) is 0. The molecule has 7 heteroatoms. The number of fused-ring (bicyclic) bond motifs is 1. The van der Waals surface area contributed by atoms with Crippen LogP contribution in [-0.4, -0.2) is 21.0 Å². The summed E-state index contributed by atoms with van der Waals surface area (Å²) in [5.41, 5.74) is 0.647. The normalized spacial score (nSPS) is 10.7. The number of aromatic carboxylic acids is 1. The van der Waals surface area contributed by atoms with E-state index in [1.165, 1.54) is 12.1 Å². The largest absolute Gasteiger partial charge is 0.477 e. The minimum absolute atomic E-state index is 0.0107. The molecule has 0 saturated heterocycles. The molecule has 1 aromatic heterocycles. The lowest BCUT2D eigenvalue weighted by Crippen LogP contribution is -1.97. The number of carboxylic acids is 1. The van der Waals surface area contributed by atoms with Gasteiger partial charge in [0.15, 0.2) is 0 Å². The highest BCUT2D eigenvalue weighted by molar-refractivity contribution is 6.33. The van der Waals surface area contributed by atoms with E-state index < -0.39 is 10.9 Å². The fourth-order valence-corrected chi connectivity index (χ4v) is 1.93. The maximum absolute atomic E-state index is 10.9. The van der Waals surface area contributed by atoms with Crippen LogP contribution in [0, 0.1) is 17.0 Å². The Hall–Kier alpha value is -2.08. The molecule has 0 bridgehead atoms. The third-order valence-corrected chi connectivity index (χ3v) is 2.84. The second-order valence-corrected chi connectivity index (χ2v) is 3.94. The SMILES string of the molecule is Cc1c(C(=O)O)[nH]c2cc([N+](=O)[O-])c(Cl)cc12. The van der Waals surface area contributed by atoms with E-state index in [1.54, 1.807) is 6.92 Å². The first-order valence-electron chi connectivity index (χ1n) is 4.61. The van der Waals surface area contributed by atoms with Crippen molar-refractivity contribution in [2.24, 2.45) is 0 Å². The molecule has 0 atom stereocenters. The number of carbonyl (C=O) groups is 1. The Morgan fingerprint density at radius 3 is 2.71 bits per heavy atom. The van der Waals surface area contributed by atoms with Crippen LogP contribution in [0.4, 0.5) is 5.69 Å². The van der Waals surface area contributed by atoms with Crippen LogP contribution in [0.15, 0.2) is 12.1 Å². The van der Waals surface area contributed by atoms with E-state index >= 15 is 0 Å². The molecule has 2 N–H and O–H groups in total. The summed E-state index contributed by atoms with van der Waals surface area (Å²) in [4.78, 5) is 23.6. The van der Waals surface area contributed by atoms with Gasteiger partial charge in [0, 0.05) is 11.5 Å². The van der Waals surface area contributed by atoms with Crippen molar-refractivity contribution in [2.45, 2.75) is 6.92 Å². The topological polar surface area (TPSA) is 96.2 Å². The summed E-state index contributed by atoms with van der Waals surface area (Å²) < 4.78 is 0. The minimum atomic E-state index is -1.11. The van der Waals surface area contributed by atoms with Crippen LogP contribution in [0.3, 0.4) is 0 Å². The molecule has 0 amide bonds. The Labute approximate surface area is 100.0 Å². The van der Waals surface area contributed by atoms with Crippen LogP contribution < -0.4 is 0 Å². The Morgan fingerprint density at radius 2 is 2.18 bits per heavy atom. The van der Waals surface area contributed by atoms with Crippen molar-refractivity contribution in [1.29, 1.82) is 0 Å². The van der Waals surface area contributed by atoms with Crippen LogP contribution in [0.25, 0.3) is 10.9 Å². The van der Waals surface area contributed by atoms with Crippen molar-refractivity contribution < 1.29 is 14.8 Å². The second kappa shape index (κ2) is 3.74. The number of carboxylic acid groups (broad SMARTS) is 1. The number of rotatable bonds is 2. The third-order valence-electron chi connectivity index (χ3n) is 2.54. The Morgan fingerprint density at radius 1 is 1.53 bits per heavy atom. The van der Waals surface area contributed by atoms with E-state index in [9.17, 15) is 14.9 Å². The molecule has 1 aromatic carbocycles. The molecule has 2 aromatic rings. The molecular formula is C10H7ClN2O4. The number of aromatic amines is 1. The number of nitrogens with zero attached hydrogens (tertiary/aromatic N) is 1. The van der Waals surface area contributed by atoms with Gasteiger partial charge in [0.25, 0.3) is 5.69 Å². The predicted molar refractivity (Wildman–Crippen MR) is 61.7 cm³/mol. The van der Waals surface area contributed by atoms with E-state index in [0.717, 1.165) is 0 Å². The van der Waals surface area contributed by atoms with Gasteiger partial charge < -0.3 is 10.1 Å². The molecule has 1 heterocycles. The molecule has 0 radical (unpaired) electrons. The number of aromatic nitrogens is 1. The van der Waals surface area contributed by atoms with Gasteiger partial charge in [-0.1, -0.05) is 11.6 Å². The number of benzene rings is 1. The number of nitro groups is 1. The van der Waals surface area contributed by atoms with Crippen molar-refractivity contribution in [3.63, 3.8) is 0 Å². The highest BCUT2D eigenvalue weighted by Crippen LogP contribution is 2.32. The molecule has 6 nitrogen and oxygen atoms in total. The first kappa shape index (κ1) is 11.4. The summed E-state index contributed by atoms with van der Waals surface area (Å²) in [6, 6.07) is 2.63. The van der Waals surface area contributed by atoms with E-state index in [4.69, 9.17) is 16.7 Å². The molecule has 0 unspecified atom stereocenters. The Bertz CT molecular complexity index is 635. The molecule has 0 aliphatic heterocycles. The van der Waals surface area contributed by atoms with Crippen molar-refractivity contribution in [2.75, 3.05) is 0 Å². The van der Waals surface area contributed by atoms with Crippen molar-refractivity contribution in [3.8, 4) is 0 Å². The van der Waals surface area contributed by atoms with Crippen LogP contribution >= 0.6 is 11.6 Å². The van der Waals surface area contributed by atoms with E-state index in [-0.39, 0.29) is 16.4 Å². The van der Waals surface area contributed by atoms with Crippen LogP contribution in [0.2, 0.25) is 5.02 Å². The lowest BCUT2D eigenvalue weighted by atomic mass is 10.1. The highest BCUT2D eigenvalue weighted by atomic mass is 35.5. The van der Waals surface area contributed by atoms with Gasteiger partial charge in [-0.15, -0.1) is 0 Å². The van der Waals surface area contributed by atoms with Gasteiger partial charge in [0.1, 0.15) is 10.7 Å². The second-order valence-electron chi connectivity index (χ2n) is 3.54. The lowest BCUT2D eigenvalue weighted by molar-refractivity contribution is -0.384. The Kier molecular flexibility index (Phi) is 2.51. The van der Waals surface area contributed by atoms with Gasteiger partial charge in [-0.2, -0.15) is 0 Å². The first-order valence-corrected chi connectivity index (χ1v) is 4.99. The average molecular weight is 255 g/mol. The molecule has 88 valence electrons. The monoisotopic (exact) mass is 254 g/mol. The number of halogens is 1. The summed E-state index contributed by atoms with van der Waals surface area (Å²) in [6.45, 7) is 1.62. The van der Waals surface area contributed by atoms with Crippen molar-refractivity contribution in [3.05, 3.63) is 38.5 Å². The summed E-state index contributed by atoms with van der Waals surface area (Å²) >= 11 is 5.76. The van der Waals surface area contributed by atoms with E-state index in [2.05, 4.69) is 4.98 Å². The zero-order valence-electron chi connectivity index (χ0n) is 8.65. The van der Waals surface area contributed by atoms with Gasteiger partial charge >= 0.3 is 5.97 Å². The number of nitro benzene ring substituents is 1. The lowest BCUT2D eigenvalue weighted by Gasteiger charge is -1.96. The van der Waals surface area contributed by atoms with E-state index in [1.807, 2.05) is 0 Å². The number of hydrogen-bond donors (Lipinski definition) is 2. The molecule has 0 spiro atoms.